The second kappa shape index (κ2) is 4.80. The number of likely N-dealkylation sites (tertiary alicyclic amines) is 1. The highest BCUT2D eigenvalue weighted by Crippen LogP contribution is 2.16. The number of ether oxygens (including phenoxy) is 1. The molecule has 3 heteroatoms. The van der Waals surface area contributed by atoms with Crippen LogP contribution >= 0.6 is 0 Å². The van der Waals surface area contributed by atoms with Crippen LogP contribution in [0.2, 0.25) is 0 Å². The molecule has 0 spiro atoms. The van der Waals surface area contributed by atoms with Gasteiger partial charge in [-0.3, -0.25) is 0 Å². The van der Waals surface area contributed by atoms with Gasteiger partial charge >= 0.3 is 0 Å². The molecule has 3 nitrogen and oxygen atoms in total. The second-order valence-electron chi connectivity index (χ2n) is 3.46. The molecule has 1 rings (SSSR count). The van der Waals surface area contributed by atoms with Crippen LogP contribution in [0, 0.1) is 5.92 Å². The van der Waals surface area contributed by atoms with Crippen molar-refractivity contribution in [2.45, 2.75) is 19.4 Å². The monoisotopic (exact) mass is 173 g/mol. The Kier molecular flexibility index (Phi) is 3.98. The summed E-state index contributed by atoms with van der Waals surface area (Å²) in [5.74, 6) is 0.309. The molecular weight excluding hydrogens is 154 g/mol. The zero-order valence-electron chi connectivity index (χ0n) is 7.99. The van der Waals surface area contributed by atoms with E-state index >= 15 is 0 Å². The number of hydrogen-bond donors (Lipinski definition) is 1. The van der Waals surface area contributed by atoms with Gasteiger partial charge in [0, 0.05) is 26.1 Å². The largest absolute Gasteiger partial charge is 0.393 e. The molecule has 0 aromatic carbocycles. The van der Waals surface area contributed by atoms with E-state index in [1.54, 1.807) is 7.11 Å². The van der Waals surface area contributed by atoms with E-state index < -0.39 is 0 Å². The number of piperidine rings is 1. The van der Waals surface area contributed by atoms with Crippen LogP contribution in [0.5, 0.6) is 0 Å². The number of nitrogens with zero attached hydrogens (tertiary/aromatic N) is 1. The average Bonchev–Trinajstić information content (AvgIpc) is 2.09. The average molecular weight is 173 g/mol. The lowest BCUT2D eigenvalue weighted by molar-refractivity contribution is -0.00870. The van der Waals surface area contributed by atoms with E-state index in [0.29, 0.717) is 12.5 Å². The standard InChI is InChI=1S/C9H19NO2/c1-3-10-5-4-9(11)8(6-10)7-12-2/h8-9,11H,3-7H2,1-2H3/t8-,9-/m0/s1. The van der Waals surface area contributed by atoms with Crippen LogP contribution in [0.25, 0.3) is 0 Å². The van der Waals surface area contributed by atoms with E-state index in [9.17, 15) is 5.11 Å². The van der Waals surface area contributed by atoms with E-state index in [1.807, 2.05) is 0 Å². The van der Waals surface area contributed by atoms with Crippen molar-refractivity contribution < 1.29 is 9.84 Å². The first-order chi connectivity index (χ1) is 5.77. The summed E-state index contributed by atoms with van der Waals surface area (Å²) in [6.45, 7) is 5.91. The molecule has 0 bridgehead atoms. The Labute approximate surface area is 74.3 Å². The van der Waals surface area contributed by atoms with Gasteiger partial charge in [0.2, 0.25) is 0 Å². The molecule has 2 atom stereocenters. The van der Waals surface area contributed by atoms with Crippen molar-refractivity contribution in [2.24, 2.45) is 5.92 Å². The number of methoxy groups -OCH3 is 1. The molecule has 0 radical (unpaired) electrons. The highest BCUT2D eigenvalue weighted by molar-refractivity contribution is 4.78. The molecular formula is C9H19NO2. The van der Waals surface area contributed by atoms with Gasteiger partial charge < -0.3 is 14.7 Å². The Hall–Kier alpha value is -0.120. The quantitative estimate of drug-likeness (QED) is 0.668. The van der Waals surface area contributed by atoms with Crippen LogP contribution in [0.1, 0.15) is 13.3 Å². The van der Waals surface area contributed by atoms with Gasteiger partial charge in [-0.1, -0.05) is 6.92 Å². The van der Waals surface area contributed by atoms with Crippen molar-refractivity contribution in [3.8, 4) is 0 Å². The molecule has 1 fully saturated rings. The van der Waals surface area contributed by atoms with Gasteiger partial charge in [0.1, 0.15) is 0 Å². The zero-order chi connectivity index (χ0) is 8.97. The first-order valence-corrected chi connectivity index (χ1v) is 4.67. The lowest BCUT2D eigenvalue weighted by atomic mass is 9.95. The maximum atomic E-state index is 9.61. The summed E-state index contributed by atoms with van der Waals surface area (Å²) >= 11 is 0. The summed E-state index contributed by atoms with van der Waals surface area (Å²) in [5.41, 5.74) is 0. The van der Waals surface area contributed by atoms with Gasteiger partial charge in [0.25, 0.3) is 0 Å². The molecule has 0 unspecified atom stereocenters. The predicted molar refractivity (Wildman–Crippen MR) is 48.1 cm³/mol. The van der Waals surface area contributed by atoms with Gasteiger partial charge in [0.05, 0.1) is 12.7 Å². The highest BCUT2D eigenvalue weighted by Gasteiger charge is 2.26. The smallest absolute Gasteiger partial charge is 0.0614 e. The topological polar surface area (TPSA) is 32.7 Å². The summed E-state index contributed by atoms with van der Waals surface area (Å²) in [7, 11) is 1.69. The Bertz CT molecular complexity index is 130. The maximum absolute atomic E-state index is 9.61. The van der Waals surface area contributed by atoms with Gasteiger partial charge in [-0.2, -0.15) is 0 Å². The predicted octanol–water partition coefficient (Wildman–Crippen LogP) is 0.335. The fourth-order valence-electron chi connectivity index (χ4n) is 1.76. The van der Waals surface area contributed by atoms with E-state index in [4.69, 9.17) is 4.74 Å². The Morgan fingerprint density at radius 1 is 1.58 bits per heavy atom. The van der Waals surface area contributed by atoms with Crippen LogP contribution in [0.3, 0.4) is 0 Å². The molecule has 1 saturated heterocycles. The third-order valence-electron chi connectivity index (χ3n) is 2.61. The van der Waals surface area contributed by atoms with Crippen LogP contribution in [0.4, 0.5) is 0 Å². The molecule has 0 aliphatic carbocycles. The summed E-state index contributed by atoms with van der Waals surface area (Å²) in [4.78, 5) is 2.36. The number of hydrogen-bond acceptors (Lipinski definition) is 3. The summed E-state index contributed by atoms with van der Waals surface area (Å²) in [5, 5.41) is 9.61. The molecule has 72 valence electrons. The van der Waals surface area contributed by atoms with Gasteiger partial charge in [-0.15, -0.1) is 0 Å². The van der Waals surface area contributed by atoms with Crippen LogP contribution in [-0.2, 0) is 4.74 Å². The van der Waals surface area contributed by atoms with Gasteiger partial charge in [0.15, 0.2) is 0 Å². The van der Waals surface area contributed by atoms with Crippen LogP contribution in [0.15, 0.2) is 0 Å². The SMILES string of the molecule is CCN1CC[C@H](O)[C@H](COC)C1. The Morgan fingerprint density at radius 2 is 2.33 bits per heavy atom. The fourth-order valence-corrected chi connectivity index (χ4v) is 1.76. The summed E-state index contributed by atoms with van der Waals surface area (Å²) in [6, 6.07) is 0. The highest BCUT2D eigenvalue weighted by atomic mass is 16.5. The van der Waals surface area contributed by atoms with Crippen LogP contribution in [-0.4, -0.2) is 49.5 Å². The summed E-state index contributed by atoms with van der Waals surface area (Å²) < 4.78 is 5.06. The van der Waals surface area contributed by atoms with Gasteiger partial charge in [-0.05, 0) is 13.0 Å². The first-order valence-electron chi connectivity index (χ1n) is 4.67. The van der Waals surface area contributed by atoms with Gasteiger partial charge in [-0.25, -0.2) is 0 Å². The molecule has 0 aromatic heterocycles. The Balaban J connectivity index is 2.36. The lowest BCUT2D eigenvalue weighted by Crippen LogP contribution is -2.44. The van der Waals surface area contributed by atoms with Crippen molar-refractivity contribution in [1.29, 1.82) is 0 Å². The minimum absolute atomic E-state index is 0.159. The normalized spacial score (nSPS) is 32.2. The number of aliphatic hydroxyl groups excluding tert-OH is 1. The molecule has 1 aliphatic heterocycles. The molecule has 1 N–H and O–H groups in total. The molecule has 0 saturated carbocycles. The van der Waals surface area contributed by atoms with E-state index in [1.165, 1.54) is 0 Å². The molecule has 0 amide bonds. The third kappa shape index (κ3) is 2.44. The third-order valence-corrected chi connectivity index (χ3v) is 2.61. The molecule has 0 aromatic rings. The van der Waals surface area contributed by atoms with Crippen molar-refractivity contribution in [3.05, 3.63) is 0 Å². The lowest BCUT2D eigenvalue weighted by Gasteiger charge is -2.35. The zero-order valence-corrected chi connectivity index (χ0v) is 7.99. The van der Waals surface area contributed by atoms with E-state index in [2.05, 4.69) is 11.8 Å². The van der Waals surface area contributed by atoms with E-state index in [0.717, 1.165) is 26.1 Å². The minimum atomic E-state index is -0.159. The van der Waals surface area contributed by atoms with Crippen molar-refractivity contribution in [2.75, 3.05) is 33.4 Å². The number of aliphatic hydroxyl groups is 1. The maximum Gasteiger partial charge on any atom is 0.0614 e. The van der Waals surface area contributed by atoms with Crippen LogP contribution < -0.4 is 0 Å². The molecule has 1 aliphatic rings. The Morgan fingerprint density at radius 3 is 2.92 bits per heavy atom. The molecule has 1 heterocycles. The second-order valence-corrected chi connectivity index (χ2v) is 3.46. The number of rotatable bonds is 3. The first kappa shape index (κ1) is 9.96. The van der Waals surface area contributed by atoms with Crippen molar-refractivity contribution in [3.63, 3.8) is 0 Å². The van der Waals surface area contributed by atoms with Crippen molar-refractivity contribution in [1.82, 2.24) is 4.90 Å². The molecule has 12 heavy (non-hydrogen) atoms. The fraction of sp³-hybridized carbons (Fsp3) is 1.00. The van der Waals surface area contributed by atoms with Crippen molar-refractivity contribution >= 4 is 0 Å². The summed E-state index contributed by atoms with van der Waals surface area (Å²) in [6.07, 6.45) is 0.731. The van der Waals surface area contributed by atoms with E-state index in [-0.39, 0.29) is 6.10 Å². The minimum Gasteiger partial charge on any atom is -0.393 e.